The van der Waals surface area contributed by atoms with Crippen LogP contribution in [0.15, 0.2) is 0 Å². The van der Waals surface area contributed by atoms with Crippen LogP contribution in [0, 0.1) is 24.7 Å². The normalized spacial score (nSPS) is 16.0. The van der Waals surface area contributed by atoms with E-state index >= 15 is 0 Å². The van der Waals surface area contributed by atoms with E-state index in [0.29, 0.717) is 0 Å². The van der Waals surface area contributed by atoms with Gasteiger partial charge in [0.2, 0.25) is 0 Å². The molecule has 12 heavy (non-hydrogen) atoms. The summed E-state index contributed by atoms with van der Waals surface area (Å²) in [6.45, 7) is 1.34. The van der Waals surface area contributed by atoms with Crippen LogP contribution in [-0.4, -0.2) is 29.7 Å². The maximum atomic E-state index is 5.32. The van der Waals surface area contributed by atoms with E-state index < -0.39 is 6.85 Å². The van der Waals surface area contributed by atoms with Gasteiger partial charge in [-0.1, -0.05) is 11.8 Å². The molecule has 0 aromatic heterocycles. The zero-order chi connectivity index (χ0) is 9.72. The van der Waals surface area contributed by atoms with Gasteiger partial charge in [-0.25, -0.2) is 0 Å². The van der Waals surface area contributed by atoms with Gasteiger partial charge in [-0.15, -0.1) is 17.5 Å². The van der Waals surface area contributed by atoms with Crippen molar-refractivity contribution in [1.29, 1.82) is 0 Å². The summed E-state index contributed by atoms with van der Waals surface area (Å²) in [6, 6.07) is -0.160. The van der Waals surface area contributed by atoms with E-state index in [2.05, 4.69) is 24.5 Å². The lowest BCUT2D eigenvalue weighted by atomic mass is 10.2. The molecule has 64 valence electrons. The van der Waals surface area contributed by atoms with Crippen molar-refractivity contribution in [2.75, 3.05) is 13.7 Å². The molecule has 0 amide bonds. The molecule has 0 rings (SSSR count). The molecule has 1 nitrogen and oxygen atoms in total. The summed E-state index contributed by atoms with van der Waals surface area (Å²) < 4.78 is 1.92. The monoisotopic (exact) mass is 216 g/mol. The highest BCUT2D eigenvalue weighted by molar-refractivity contribution is 8.03. The molecule has 3 atom stereocenters. The Kier molecular flexibility index (Phi) is 5.55. The lowest BCUT2D eigenvalue weighted by Crippen LogP contribution is -2.32. The molecule has 0 radical (unpaired) electrons. The number of hydrogen-bond donors (Lipinski definition) is 1. The van der Waals surface area contributed by atoms with E-state index in [0.717, 1.165) is 0 Å². The zero-order valence-corrected chi connectivity index (χ0v) is 9.66. The molecule has 0 aromatic carbocycles. The molecular formula is C8H11NPS2+. The van der Waals surface area contributed by atoms with Gasteiger partial charge in [-0.05, 0) is 0 Å². The van der Waals surface area contributed by atoms with E-state index in [-0.39, 0.29) is 11.3 Å². The van der Waals surface area contributed by atoms with E-state index in [1.807, 2.05) is 18.4 Å². The molecule has 0 fully saturated rings. The number of terminal acetylenes is 2. The Balaban J connectivity index is 4.50. The zero-order valence-electron chi connectivity index (χ0n) is 7.06. The third-order valence-electron chi connectivity index (χ3n) is 1.49. The van der Waals surface area contributed by atoms with Gasteiger partial charge in [0, 0.05) is 7.05 Å². The van der Waals surface area contributed by atoms with Gasteiger partial charge < -0.3 is 0 Å². The van der Waals surface area contributed by atoms with Crippen LogP contribution in [0.25, 0.3) is 0 Å². The maximum absolute atomic E-state index is 5.32. The summed E-state index contributed by atoms with van der Waals surface area (Å²) in [5.41, 5.74) is 0. The smallest absolute Gasteiger partial charge is 0.160 e. The summed E-state index contributed by atoms with van der Waals surface area (Å²) in [5, 5.41) is -0.243. The predicted octanol–water partition coefficient (Wildman–Crippen LogP) is 1.34. The second-order valence-electron chi connectivity index (χ2n) is 2.26. The van der Waals surface area contributed by atoms with Crippen LogP contribution in [0.3, 0.4) is 0 Å². The first-order chi connectivity index (χ1) is 5.54. The second kappa shape index (κ2) is 5.57. The molecule has 0 heterocycles. The van der Waals surface area contributed by atoms with Crippen LogP contribution in [0.2, 0.25) is 0 Å². The van der Waals surface area contributed by atoms with Gasteiger partial charge in [0.15, 0.2) is 11.8 Å². The molecule has 0 aliphatic carbocycles. The summed E-state index contributed by atoms with van der Waals surface area (Å²) in [6.07, 6.45) is 10.5. The first kappa shape index (κ1) is 11.9. The van der Waals surface area contributed by atoms with Gasteiger partial charge in [0.05, 0.1) is 5.25 Å². The largest absolute Gasteiger partial charge is 0.264 e. The maximum Gasteiger partial charge on any atom is 0.264 e. The Morgan fingerprint density at radius 3 is 2.25 bits per heavy atom. The Morgan fingerprint density at radius 1 is 1.50 bits per heavy atom. The Hall–Kier alpha value is -0.0500. The average Bonchev–Trinajstić information content (AvgIpc) is 2.05. The number of rotatable bonds is 3. The average molecular weight is 216 g/mol. The molecule has 0 aliphatic heterocycles. The highest BCUT2D eigenvalue weighted by Crippen LogP contribution is 2.25. The van der Waals surface area contributed by atoms with Crippen LogP contribution < -0.4 is 0 Å². The van der Waals surface area contributed by atoms with Crippen molar-refractivity contribution in [3.05, 3.63) is 0 Å². The van der Waals surface area contributed by atoms with E-state index in [4.69, 9.17) is 24.7 Å². The van der Waals surface area contributed by atoms with Gasteiger partial charge >= 0.3 is 0 Å². The van der Waals surface area contributed by atoms with Gasteiger partial charge in [0.25, 0.3) is 6.85 Å². The number of hydrogen-bond acceptors (Lipinski definition) is 2. The quantitative estimate of drug-likeness (QED) is 0.431. The fraction of sp³-hybridized carbons (Fsp3) is 0.500. The molecule has 3 unspecified atom stereocenters. The molecule has 0 spiro atoms. The molecular weight excluding hydrogens is 205 g/mol. The van der Waals surface area contributed by atoms with E-state index in [9.17, 15) is 0 Å². The third-order valence-corrected chi connectivity index (χ3v) is 3.83. The molecule has 0 saturated heterocycles. The standard InChI is InChI=1S/C8H10NPS2/c1-5-7(8(11)6-2)9(3)10(4)12/h1-2,7-8H,3-4H3/p+1. The Labute approximate surface area is 85.8 Å². The van der Waals surface area contributed by atoms with Crippen molar-refractivity contribution in [2.24, 2.45) is 0 Å². The van der Waals surface area contributed by atoms with Crippen LogP contribution in [0.4, 0.5) is 0 Å². The van der Waals surface area contributed by atoms with Gasteiger partial charge in [-0.3, -0.25) is 0 Å². The van der Waals surface area contributed by atoms with Crippen LogP contribution in [0.1, 0.15) is 0 Å². The Bertz CT molecular complexity index is 251. The van der Waals surface area contributed by atoms with Crippen LogP contribution in [0.5, 0.6) is 0 Å². The first-order valence-electron chi connectivity index (χ1n) is 3.28. The van der Waals surface area contributed by atoms with Crippen molar-refractivity contribution >= 4 is 31.3 Å². The minimum Gasteiger partial charge on any atom is -0.160 e. The first-order valence-corrected chi connectivity index (χ1v) is 6.55. The van der Waals surface area contributed by atoms with Crippen molar-refractivity contribution < 1.29 is 0 Å². The highest BCUT2D eigenvalue weighted by atomic mass is 32.4. The summed E-state index contributed by atoms with van der Waals surface area (Å²) in [5.74, 6) is 5.09. The fourth-order valence-corrected chi connectivity index (χ4v) is 1.92. The summed E-state index contributed by atoms with van der Waals surface area (Å²) in [4.78, 5) is 0. The lowest BCUT2D eigenvalue weighted by Gasteiger charge is -2.16. The Morgan fingerprint density at radius 2 is 2.00 bits per heavy atom. The minimum atomic E-state index is -0.615. The topological polar surface area (TPSA) is 3.24 Å². The van der Waals surface area contributed by atoms with E-state index in [1.54, 1.807) is 0 Å². The lowest BCUT2D eigenvalue weighted by molar-refractivity contribution is 0.498. The van der Waals surface area contributed by atoms with Crippen molar-refractivity contribution in [2.45, 2.75) is 11.3 Å². The SMILES string of the molecule is C#CC(S)C(C#C)N(C)[P+](C)=S. The molecule has 4 heteroatoms. The second-order valence-corrected chi connectivity index (χ2v) is 5.96. The molecule has 0 aromatic rings. The molecule has 0 N–H and O–H groups in total. The predicted molar refractivity (Wildman–Crippen MR) is 62.2 cm³/mol. The molecule has 0 saturated carbocycles. The van der Waals surface area contributed by atoms with Crippen LogP contribution in [-0.2, 0) is 11.8 Å². The van der Waals surface area contributed by atoms with Gasteiger partial charge in [0.1, 0.15) is 12.7 Å². The van der Waals surface area contributed by atoms with Crippen LogP contribution >= 0.6 is 19.5 Å². The van der Waals surface area contributed by atoms with Crippen molar-refractivity contribution in [3.63, 3.8) is 0 Å². The third kappa shape index (κ3) is 3.13. The fourth-order valence-electron chi connectivity index (χ4n) is 0.670. The van der Waals surface area contributed by atoms with Crippen molar-refractivity contribution in [1.82, 2.24) is 4.67 Å². The number of nitrogens with zero attached hydrogens (tertiary/aromatic N) is 1. The highest BCUT2D eigenvalue weighted by Gasteiger charge is 2.26. The van der Waals surface area contributed by atoms with Gasteiger partial charge in [-0.2, -0.15) is 12.6 Å². The van der Waals surface area contributed by atoms with Crippen molar-refractivity contribution in [3.8, 4) is 24.7 Å². The molecule has 0 aliphatic rings. The molecule has 0 bridgehead atoms. The van der Waals surface area contributed by atoms with E-state index in [1.165, 1.54) is 0 Å². The summed E-state index contributed by atoms with van der Waals surface area (Å²) >= 11 is 9.29. The minimum absolute atomic E-state index is 0.160. The number of thiol groups is 1. The summed E-state index contributed by atoms with van der Waals surface area (Å²) in [7, 11) is 1.88.